The lowest BCUT2D eigenvalue weighted by molar-refractivity contribution is 0.115. The zero-order valence-corrected chi connectivity index (χ0v) is 16.3. The number of aryl methyl sites for hydroxylation is 1. The molecule has 144 valence electrons. The Morgan fingerprint density at radius 3 is 3.00 bits per heavy atom. The van der Waals surface area contributed by atoms with Crippen molar-refractivity contribution in [1.29, 1.82) is 0 Å². The molecule has 0 amide bonds. The van der Waals surface area contributed by atoms with Crippen molar-refractivity contribution < 1.29 is 9.84 Å². The van der Waals surface area contributed by atoms with Crippen molar-refractivity contribution in [2.24, 2.45) is 0 Å². The number of hydrogen-bond acceptors (Lipinski definition) is 8. The quantitative estimate of drug-likeness (QED) is 0.654. The van der Waals surface area contributed by atoms with E-state index in [0.717, 1.165) is 18.5 Å². The molecule has 0 aliphatic carbocycles. The second-order valence-electron chi connectivity index (χ2n) is 7.56. The van der Waals surface area contributed by atoms with Gasteiger partial charge in [-0.05, 0) is 26.0 Å². The second-order valence-corrected chi connectivity index (χ2v) is 8.50. The van der Waals surface area contributed by atoms with Gasteiger partial charge in [-0.25, -0.2) is 0 Å². The Morgan fingerprint density at radius 2 is 2.25 bits per heavy atom. The molecule has 9 heteroatoms. The zero-order chi connectivity index (χ0) is 19.3. The first-order valence-corrected chi connectivity index (χ1v) is 9.99. The number of aromatic nitrogens is 5. The molecule has 2 N–H and O–H groups in total. The van der Waals surface area contributed by atoms with E-state index in [2.05, 4.69) is 44.8 Å². The standard InChI is InChI=1S/C19H20N6O2S/c1-11-10-20-25(24-11)13-3-4-15(16(26)8-13)17-22-23-18(28-17)27-14-7-12-5-6-19(2,9-14)21-12/h3-6,8,10,12,14,21,26H,7,9H2,1-2H3/t12?,14-,19+/m1/s1. The summed E-state index contributed by atoms with van der Waals surface area (Å²) in [6.45, 7) is 4.05. The molecule has 3 atom stereocenters. The van der Waals surface area contributed by atoms with Gasteiger partial charge in [-0.3, -0.25) is 0 Å². The molecule has 1 aromatic carbocycles. The summed E-state index contributed by atoms with van der Waals surface area (Å²) >= 11 is 1.34. The predicted molar refractivity (Wildman–Crippen MR) is 105 cm³/mol. The van der Waals surface area contributed by atoms with Crippen LogP contribution in [0.2, 0.25) is 0 Å². The lowest BCUT2D eigenvalue weighted by atomic mass is 9.91. The Morgan fingerprint density at radius 1 is 1.36 bits per heavy atom. The highest BCUT2D eigenvalue weighted by molar-refractivity contribution is 7.16. The summed E-state index contributed by atoms with van der Waals surface area (Å²) in [4.78, 5) is 1.48. The fraction of sp³-hybridized carbons (Fsp3) is 0.368. The molecule has 2 aliphatic rings. The van der Waals surface area contributed by atoms with Crippen LogP contribution in [-0.4, -0.2) is 48.0 Å². The molecule has 1 unspecified atom stereocenters. The molecule has 0 radical (unpaired) electrons. The van der Waals surface area contributed by atoms with Crippen LogP contribution < -0.4 is 10.1 Å². The number of benzene rings is 1. The fourth-order valence-corrected chi connectivity index (χ4v) is 4.64. The van der Waals surface area contributed by atoms with Gasteiger partial charge in [0.05, 0.1) is 23.1 Å². The first-order chi connectivity index (χ1) is 13.5. The summed E-state index contributed by atoms with van der Waals surface area (Å²) in [7, 11) is 0. The molecule has 4 heterocycles. The summed E-state index contributed by atoms with van der Waals surface area (Å²) in [5, 5.41) is 32.0. The smallest absolute Gasteiger partial charge is 0.294 e. The first kappa shape index (κ1) is 17.3. The molecular formula is C19H20N6O2S. The molecular weight excluding hydrogens is 376 g/mol. The highest BCUT2D eigenvalue weighted by atomic mass is 32.1. The van der Waals surface area contributed by atoms with Crippen molar-refractivity contribution in [2.45, 2.75) is 44.4 Å². The Hall–Kier alpha value is -2.78. The normalized spacial score (nSPS) is 25.9. The molecule has 2 aromatic heterocycles. The number of phenols is 1. The third-order valence-corrected chi connectivity index (χ3v) is 5.95. The number of rotatable bonds is 4. The number of nitrogens with zero attached hydrogens (tertiary/aromatic N) is 5. The zero-order valence-electron chi connectivity index (χ0n) is 15.5. The average Bonchev–Trinajstić information content (AvgIpc) is 3.34. The van der Waals surface area contributed by atoms with E-state index in [4.69, 9.17) is 4.74 Å². The van der Waals surface area contributed by atoms with Gasteiger partial charge in [-0.2, -0.15) is 15.0 Å². The molecule has 0 saturated carbocycles. The summed E-state index contributed by atoms with van der Waals surface area (Å²) in [5.74, 6) is 0.103. The van der Waals surface area contributed by atoms with Crippen molar-refractivity contribution >= 4 is 11.3 Å². The maximum Gasteiger partial charge on any atom is 0.294 e. The van der Waals surface area contributed by atoms with Gasteiger partial charge >= 0.3 is 0 Å². The van der Waals surface area contributed by atoms with Gasteiger partial charge in [0, 0.05) is 30.5 Å². The summed E-state index contributed by atoms with van der Waals surface area (Å²) in [6, 6.07) is 5.61. The van der Waals surface area contributed by atoms with Crippen molar-refractivity contribution in [1.82, 2.24) is 30.5 Å². The predicted octanol–water partition coefficient (Wildman–Crippen LogP) is 2.63. The molecule has 3 aromatic rings. The molecule has 1 fully saturated rings. The van der Waals surface area contributed by atoms with Gasteiger partial charge in [0.25, 0.3) is 5.19 Å². The molecule has 0 spiro atoms. The van der Waals surface area contributed by atoms with E-state index in [9.17, 15) is 5.11 Å². The van der Waals surface area contributed by atoms with Crippen molar-refractivity contribution in [2.75, 3.05) is 0 Å². The molecule has 8 nitrogen and oxygen atoms in total. The molecule has 28 heavy (non-hydrogen) atoms. The van der Waals surface area contributed by atoms with Crippen molar-refractivity contribution in [3.8, 4) is 27.2 Å². The van der Waals surface area contributed by atoms with Crippen LogP contribution in [0.4, 0.5) is 0 Å². The Balaban J connectivity index is 1.33. The van der Waals surface area contributed by atoms with E-state index >= 15 is 0 Å². The summed E-state index contributed by atoms with van der Waals surface area (Å²) < 4.78 is 6.10. The molecule has 2 aliphatic heterocycles. The lowest BCUT2D eigenvalue weighted by Gasteiger charge is -2.35. The monoisotopic (exact) mass is 396 g/mol. The van der Waals surface area contributed by atoms with Crippen molar-refractivity contribution in [3.63, 3.8) is 0 Å². The minimum atomic E-state index is -0.00586. The minimum absolute atomic E-state index is 0.00586. The second kappa shape index (κ2) is 6.39. The van der Waals surface area contributed by atoms with Crippen LogP contribution in [0.1, 0.15) is 25.5 Å². The van der Waals surface area contributed by atoms with Crippen LogP contribution in [-0.2, 0) is 0 Å². The number of hydrogen-bond donors (Lipinski definition) is 2. The Kier molecular flexibility index (Phi) is 3.95. The van der Waals surface area contributed by atoms with Crippen LogP contribution in [0, 0.1) is 6.92 Å². The van der Waals surface area contributed by atoms with E-state index in [-0.39, 0.29) is 17.4 Å². The van der Waals surface area contributed by atoms with Crippen LogP contribution in [0.25, 0.3) is 16.3 Å². The topological polar surface area (TPSA) is 98.0 Å². The third-order valence-electron chi connectivity index (χ3n) is 5.10. The van der Waals surface area contributed by atoms with Crippen LogP contribution in [0.5, 0.6) is 10.9 Å². The Bertz CT molecular complexity index is 1060. The van der Waals surface area contributed by atoms with Crippen LogP contribution in [0.3, 0.4) is 0 Å². The molecule has 2 bridgehead atoms. The maximum atomic E-state index is 10.5. The first-order valence-electron chi connectivity index (χ1n) is 9.17. The van der Waals surface area contributed by atoms with Gasteiger partial charge in [-0.1, -0.05) is 28.6 Å². The van der Waals surface area contributed by atoms with Gasteiger partial charge in [0.15, 0.2) is 5.01 Å². The SMILES string of the molecule is Cc1cnn(-c2ccc(-c3nnc(O[C@@H]4CC5C=C[C@@](C)(C4)N5)s3)c(O)c2)n1. The van der Waals surface area contributed by atoms with E-state index in [0.29, 0.717) is 27.5 Å². The lowest BCUT2D eigenvalue weighted by Crippen LogP contribution is -2.51. The highest BCUT2D eigenvalue weighted by Crippen LogP contribution is 2.37. The van der Waals surface area contributed by atoms with Gasteiger partial charge < -0.3 is 15.2 Å². The average molecular weight is 396 g/mol. The maximum absolute atomic E-state index is 10.5. The number of ether oxygens (including phenoxy) is 1. The van der Waals surface area contributed by atoms with Gasteiger partial charge in [-0.15, -0.1) is 5.10 Å². The number of aromatic hydroxyl groups is 1. The number of phenolic OH excluding ortho intramolecular Hbond substituents is 1. The number of fused-ring (bicyclic) bond motifs is 2. The van der Waals surface area contributed by atoms with E-state index < -0.39 is 0 Å². The van der Waals surface area contributed by atoms with E-state index in [1.54, 1.807) is 18.3 Å². The van der Waals surface area contributed by atoms with Gasteiger partial charge in [0.1, 0.15) is 11.9 Å². The minimum Gasteiger partial charge on any atom is -0.507 e. The highest BCUT2D eigenvalue weighted by Gasteiger charge is 2.39. The fourth-order valence-electron chi connectivity index (χ4n) is 3.84. The number of nitrogens with one attached hydrogen (secondary N) is 1. The van der Waals surface area contributed by atoms with Gasteiger partial charge in [0.2, 0.25) is 0 Å². The van der Waals surface area contributed by atoms with Crippen molar-refractivity contribution in [3.05, 3.63) is 42.2 Å². The summed E-state index contributed by atoms with van der Waals surface area (Å²) in [5.41, 5.74) is 2.10. The van der Waals surface area contributed by atoms with Crippen LogP contribution >= 0.6 is 11.3 Å². The summed E-state index contributed by atoms with van der Waals surface area (Å²) in [6.07, 6.45) is 8.01. The molecule has 5 rings (SSSR count). The third kappa shape index (κ3) is 3.16. The Labute approximate surface area is 165 Å². The largest absolute Gasteiger partial charge is 0.507 e. The van der Waals surface area contributed by atoms with E-state index in [1.165, 1.54) is 16.1 Å². The number of piperidine rings is 1. The van der Waals surface area contributed by atoms with Crippen LogP contribution in [0.15, 0.2) is 36.5 Å². The van der Waals surface area contributed by atoms with E-state index in [1.807, 2.05) is 13.0 Å². The molecule has 1 saturated heterocycles.